The van der Waals surface area contributed by atoms with Crippen LogP contribution in [0, 0.1) is 19.8 Å². The number of nitrogens with two attached hydrogens (primary N) is 1. The maximum atomic E-state index is 6.18. The van der Waals surface area contributed by atoms with Gasteiger partial charge in [0.25, 0.3) is 0 Å². The van der Waals surface area contributed by atoms with Gasteiger partial charge in [0.15, 0.2) is 0 Å². The van der Waals surface area contributed by atoms with Crippen LogP contribution < -0.4 is 5.73 Å². The van der Waals surface area contributed by atoms with Gasteiger partial charge in [-0.05, 0) is 51.0 Å². The van der Waals surface area contributed by atoms with E-state index in [1.165, 1.54) is 42.6 Å². The summed E-state index contributed by atoms with van der Waals surface area (Å²) in [5.41, 5.74) is 10.0. The van der Waals surface area contributed by atoms with Gasteiger partial charge in [-0.2, -0.15) is 5.10 Å². The first-order chi connectivity index (χ1) is 8.08. The lowest BCUT2D eigenvalue weighted by atomic mass is 10.0. The number of aryl methyl sites for hydroxylation is 2. The maximum absolute atomic E-state index is 6.18. The topological polar surface area (TPSA) is 43.8 Å². The summed E-state index contributed by atoms with van der Waals surface area (Å²) >= 11 is 0. The van der Waals surface area contributed by atoms with Gasteiger partial charge in [-0.1, -0.05) is 12.8 Å². The molecule has 1 atom stereocenters. The average molecular weight is 235 g/mol. The summed E-state index contributed by atoms with van der Waals surface area (Å²) in [5, 5.41) is 4.45. The zero-order chi connectivity index (χ0) is 12.4. The summed E-state index contributed by atoms with van der Waals surface area (Å²) in [6.07, 6.45) is 7.59. The fraction of sp³-hybridized carbons (Fsp3) is 0.786. The summed E-state index contributed by atoms with van der Waals surface area (Å²) in [7, 11) is 2.01. The minimum atomic E-state index is 0.370. The fourth-order valence-electron chi connectivity index (χ4n) is 2.51. The van der Waals surface area contributed by atoms with Crippen LogP contribution in [0.2, 0.25) is 0 Å². The van der Waals surface area contributed by atoms with E-state index in [4.69, 9.17) is 5.73 Å². The lowest BCUT2D eigenvalue weighted by Gasteiger charge is -2.11. The van der Waals surface area contributed by atoms with Crippen LogP contribution in [0.15, 0.2) is 0 Å². The van der Waals surface area contributed by atoms with Gasteiger partial charge >= 0.3 is 0 Å². The second-order valence-electron chi connectivity index (χ2n) is 5.59. The molecule has 0 aliphatic heterocycles. The molecule has 1 unspecified atom stereocenters. The third kappa shape index (κ3) is 3.32. The molecule has 0 spiro atoms. The average Bonchev–Trinajstić information content (AvgIpc) is 3.06. The van der Waals surface area contributed by atoms with Crippen LogP contribution in [0.3, 0.4) is 0 Å². The first kappa shape index (κ1) is 12.6. The molecule has 1 aromatic rings. The van der Waals surface area contributed by atoms with Crippen LogP contribution in [0.25, 0.3) is 0 Å². The highest BCUT2D eigenvalue weighted by molar-refractivity contribution is 5.24. The fourth-order valence-corrected chi connectivity index (χ4v) is 2.51. The van der Waals surface area contributed by atoms with Gasteiger partial charge in [0.05, 0.1) is 5.69 Å². The normalized spacial score (nSPS) is 17.4. The summed E-state index contributed by atoms with van der Waals surface area (Å²) in [6, 6.07) is 0.370. The highest BCUT2D eigenvalue weighted by atomic mass is 15.3. The Balaban J connectivity index is 1.79. The van der Waals surface area contributed by atoms with Gasteiger partial charge in [-0.15, -0.1) is 0 Å². The Bertz CT molecular complexity index is 377. The van der Waals surface area contributed by atoms with Crippen molar-refractivity contribution in [1.82, 2.24) is 9.78 Å². The number of hydrogen-bond donors (Lipinski definition) is 1. The smallest absolute Gasteiger partial charge is 0.0628 e. The zero-order valence-corrected chi connectivity index (χ0v) is 11.4. The van der Waals surface area contributed by atoms with E-state index >= 15 is 0 Å². The van der Waals surface area contributed by atoms with E-state index in [1.807, 2.05) is 11.7 Å². The Labute approximate surface area is 104 Å². The highest BCUT2D eigenvalue weighted by Gasteiger charge is 2.21. The molecule has 1 aliphatic rings. The SMILES string of the molecule is Cc1nn(C)c(C)c1CCC(N)CCC1CC1. The highest BCUT2D eigenvalue weighted by Crippen LogP contribution is 2.34. The molecule has 0 radical (unpaired) electrons. The molecule has 1 fully saturated rings. The Morgan fingerprint density at radius 1 is 1.35 bits per heavy atom. The largest absolute Gasteiger partial charge is 0.328 e. The Morgan fingerprint density at radius 3 is 2.59 bits per heavy atom. The number of nitrogens with zero attached hydrogens (tertiary/aromatic N) is 2. The van der Waals surface area contributed by atoms with Gasteiger partial charge in [0, 0.05) is 18.8 Å². The number of rotatable bonds is 6. The van der Waals surface area contributed by atoms with Crippen molar-refractivity contribution in [1.29, 1.82) is 0 Å². The van der Waals surface area contributed by atoms with Crippen molar-refractivity contribution in [3.8, 4) is 0 Å². The predicted octanol–water partition coefficient (Wildman–Crippen LogP) is 2.49. The van der Waals surface area contributed by atoms with Crippen LogP contribution in [0.5, 0.6) is 0 Å². The minimum Gasteiger partial charge on any atom is -0.328 e. The van der Waals surface area contributed by atoms with Crippen molar-refractivity contribution in [2.24, 2.45) is 18.7 Å². The van der Waals surface area contributed by atoms with E-state index in [2.05, 4.69) is 18.9 Å². The molecule has 17 heavy (non-hydrogen) atoms. The summed E-state index contributed by atoms with van der Waals surface area (Å²) in [5.74, 6) is 1.00. The summed E-state index contributed by atoms with van der Waals surface area (Å²) < 4.78 is 1.97. The Kier molecular flexibility index (Phi) is 3.87. The van der Waals surface area contributed by atoms with Gasteiger partial charge in [-0.3, -0.25) is 4.68 Å². The van der Waals surface area contributed by atoms with Crippen molar-refractivity contribution in [3.05, 3.63) is 17.0 Å². The standard InChI is InChI=1S/C14H25N3/c1-10-14(11(2)17(3)16-10)9-8-13(15)7-6-12-4-5-12/h12-13H,4-9,15H2,1-3H3. The van der Waals surface area contributed by atoms with Crippen LogP contribution in [-0.2, 0) is 13.5 Å². The summed E-state index contributed by atoms with van der Waals surface area (Å²) in [6.45, 7) is 4.24. The molecule has 3 nitrogen and oxygen atoms in total. The van der Waals surface area contributed by atoms with E-state index in [0.717, 1.165) is 18.8 Å². The van der Waals surface area contributed by atoms with Gasteiger partial charge in [-0.25, -0.2) is 0 Å². The molecule has 3 heteroatoms. The minimum absolute atomic E-state index is 0.370. The Morgan fingerprint density at radius 2 is 2.06 bits per heavy atom. The molecule has 0 amide bonds. The molecular weight excluding hydrogens is 210 g/mol. The molecule has 0 aromatic carbocycles. The van der Waals surface area contributed by atoms with Gasteiger partial charge < -0.3 is 5.73 Å². The van der Waals surface area contributed by atoms with Crippen molar-refractivity contribution in [2.75, 3.05) is 0 Å². The molecule has 0 saturated heterocycles. The molecule has 2 N–H and O–H groups in total. The van der Waals surface area contributed by atoms with Crippen LogP contribution >= 0.6 is 0 Å². The molecule has 1 saturated carbocycles. The molecule has 1 aromatic heterocycles. The Hall–Kier alpha value is -0.830. The van der Waals surface area contributed by atoms with Crippen molar-refractivity contribution in [3.63, 3.8) is 0 Å². The second kappa shape index (κ2) is 5.21. The van der Waals surface area contributed by atoms with E-state index in [0.29, 0.717) is 6.04 Å². The molecule has 2 rings (SSSR count). The second-order valence-corrected chi connectivity index (χ2v) is 5.59. The number of aromatic nitrogens is 2. The third-order valence-corrected chi connectivity index (χ3v) is 4.07. The molecule has 96 valence electrons. The van der Waals surface area contributed by atoms with Crippen molar-refractivity contribution < 1.29 is 0 Å². The quantitative estimate of drug-likeness (QED) is 0.823. The first-order valence-electron chi connectivity index (χ1n) is 6.82. The third-order valence-electron chi connectivity index (χ3n) is 4.07. The van der Waals surface area contributed by atoms with E-state index in [1.54, 1.807) is 0 Å². The van der Waals surface area contributed by atoms with Crippen molar-refractivity contribution >= 4 is 0 Å². The lowest BCUT2D eigenvalue weighted by molar-refractivity contribution is 0.523. The molecule has 0 bridgehead atoms. The van der Waals surface area contributed by atoms with E-state index in [-0.39, 0.29) is 0 Å². The maximum Gasteiger partial charge on any atom is 0.0628 e. The monoisotopic (exact) mass is 235 g/mol. The van der Waals surface area contributed by atoms with Crippen molar-refractivity contribution in [2.45, 2.75) is 58.4 Å². The zero-order valence-electron chi connectivity index (χ0n) is 11.4. The van der Waals surface area contributed by atoms with Gasteiger partial charge in [0.2, 0.25) is 0 Å². The number of hydrogen-bond acceptors (Lipinski definition) is 2. The van der Waals surface area contributed by atoms with Crippen LogP contribution in [-0.4, -0.2) is 15.8 Å². The first-order valence-corrected chi connectivity index (χ1v) is 6.82. The lowest BCUT2D eigenvalue weighted by Crippen LogP contribution is -2.21. The molecule has 1 heterocycles. The molecule has 1 aliphatic carbocycles. The summed E-state index contributed by atoms with van der Waals surface area (Å²) in [4.78, 5) is 0. The van der Waals surface area contributed by atoms with Gasteiger partial charge in [0.1, 0.15) is 0 Å². The van der Waals surface area contributed by atoms with Crippen LogP contribution in [0.1, 0.15) is 49.1 Å². The van der Waals surface area contributed by atoms with E-state index < -0.39 is 0 Å². The van der Waals surface area contributed by atoms with Crippen LogP contribution in [0.4, 0.5) is 0 Å². The molecular formula is C14H25N3. The predicted molar refractivity (Wildman–Crippen MR) is 70.9 cm³/mol. The van der Waals surface area contributed by atoms with E-state index in [9.17, 15) is 0 Å².